The van der Waals surface area contributed by atoms with Crippen LogP contribution in [0.2, 0.25) is 0 Å². The molecule has 0 saturated carbocycles. The molecule has 0 aliphatic heterocycles. The first-order valence-electron chi connectivity index (χ1n) is 4.57. The van der Waals surface area contributed by atoms with Gasteiger partial charge >= 0.3 is 0 Å². The van der Waals surface area contributed by atoms with Gasteiger partial charge < -0.3 is 10.3 Å². The molecule has 15 heavy (non-hydrogen) atoms. The maximum Gasteiger partial charge on any atom is 0.222 e. The number of hydrogen-bond acceptors (Lipinski definition) is 3. The summed E-state index contributed by atoms with van der Waals surface area (Å²) < 4.78 is 5.90. The lowest BCUT2D eigenvalue weighted by molar-refractivity contribution is 0.439. The number of halogens is 1. The second-order valence-corrected chi connectivity index (χ2v) is 4.43. The van der Waals surface area contributed by atoms with Crippen LogP contribution in [0.25, 0.3) is 11.3 Å². The second kappa shape index (κ2) is 3.70. The standard InChI is InChI=1S/C11H11BrN2O/c1-6-3-8(12)4-9(7(6)2)10-5-11(13)15-14-10/h3-5H,13H2,1-2H3. The molecule has 1 heterocycles. The van der Waals surface area contributed by atoms with Gasteiger partial charge in [-0.15, -0.1) is 0 Å². The minimum Gasteiger partial charge on any atom is -0.368 e. The SMILES string of the molecule is Cc1cc(Br)cc(-c2cc(N)on2)c1C. The molecule has 0 unspecified atom stereocenters. The molecule has 0 amide bonds. The first kappa shape index (κ1) is 10.2. The van der Waals surface area contributed by atoms with Crippen molar-refractivity contribution in [1.29, 1.82) is 0 Å². The smallest absolute Gasteiger partial charge is 0.222 e. The van der Waals surface area contributed by atoms with Crippen molar-refractivity contribution < 1.29 is 4.52 Å². The van der Waals surface area contributed by atoms with Crippen LogP contribution in [0.5, 0.6) is 0 Å². The first-order chi connectivity index (χ1) is 7.08. The fourth-order valence-corrected chi connectivity index (χ4v) is 2.07. The molecule has 0 aliphatic carbocycles. The van der Waals surface area contributed by atoms with E-state index in [4.69, 9.17) is 10.3 Å². The van der Waals surface area contributed by atoms with Crippen LogP contribution in [0.15, 0.2) is 27.2 Å². The van der Waals surface area contributed by atoms with Crippen molar-refractivity contribution in [2.45, 2.75) is 13.8 Å². The highest BCUT2D eigenvalue weighted by atomic mass is 79.9. The lowest BCUT2D eigenvalue weighted by Crippen LogP contribution is -1.88. The summed E-state index contributed by atoms with van der Waals surface area (Å²) in [6, 6.07) is 5.82. The van der Waals surface area contributed by atoms with Crippen LogP contribution in [-0.4, -0.2) is 5.16 Å². The van der Waals surface area contributed by atoms with Gasteiger partial charge in [-0.2, -0.15) is 0 Å². The van der Waals surface area contributed by atoms with E-state index in [-0.39, 0.29) is 0 Å². The van der Waals surface area contributed by atoms with E-state index < -0.39 is 0 Å². The molecule has 0 saturated heterocycles. The van der Waals surface area contributed by atoms with Gasteiger partial charge in [0.25, 0.3) is 0 Å². The molecule has 3 nitrogen and oxygen atoms in total. The van der Waals surface area contributed by atoms with Crippen molar-refractivity contribution in [3.63, 3.8) is 0 Å². The van der Waals surface area contributed by atoms with E-state index >= 15 is 0 Å². The molecule has 0 spiro atoms. The summed E-state index contributed by atoms with van der Waals surface area (Å²) in [5.41, 5.74) is 9.71. The van der Waals surface area contributed by atoms with Crippen molar-refractivity contribution in [2.75, 3.05) is 5.73 Å². The molecule has 2 aromatic rings. The van der Waals surface area contributed by atoms with Crippen LogP contribution in [0, 0.1) is 13.8 Å². The van der Waals surface area contributed by atoms with Gasteiger partial charge in [0, 0.05) is 16.1 Å². The Morgan fingerprint density at radius 1 is 1.27 bits per heavy atom. The maximum atomic E-state index is 5.50. The number of nitrogens with two attached hydrogens (primary N) is 1. The second-order valence-electron chi connectivity index (χ2n) is 3.51. The Balaban J connectivity index is 2.62. The monoisotopic (exact) mass is 266 g/mol. The molecule has 1 aromatic heterocycles. The summed E-state index contributed by atoms with van der Waals surface area (Å²) in [4.78, 5) is 0. The number of hydrogen-bond donors (Lipinski definition) is 1. The van der Waals surface area contributed by atoms with Crippen molar-refractivity contribution in [1.82, 2.24) is 5.16 Å². The molecule has 4 heteroatoms. The highest BCUT2D eigenvalue weighted by Gasteiger charge is 2.09. The minimum absolute atomic E-state index is 0.335. The van der Waals surface area contributed by atoms with Crippen LogP contribution >= 0.6 is 15.9 Å². The summed E-state index contributed by atoms with van der Waals surface area (Å²) in [6.07, 6.45) is 0. The zero-order valence-corrected chi connectivity index (χ0v) is 10.1. The molecule has 0 bridgehead atoms. The number of rotatable bonds is 1. The Bertz CT molecular complexity index is 505. The molecule has 2 N–H and O–H groups in total. The summed E-state index contributed by atoms with van der Waals surface area (Å²) in [5, 5.41) is 3.91. The summed E-state index contributed by atoms with van der Waals surface area (Å²) in [5.74, 6) is 0.335. The normalized spacial score (nSPS) is 10.6. The largest absolute Gasteiger partial charge is 0.368 e. The Hall–Kier alpha value is -1.29. The third-order valence-corrected chi connectivity index (χ3v) is 2.89. The third-order valence-electron chi connectivity index (χ3n) is 2.44. The highest BCUT2D eigenvalue weighted by Crippen LogP contribution is 2.29. The highest BCUT2D eigenvalue weighted by molar-refractivity contribution is 9.10. The van der Waals surface area contributed by atoms with Gasteiger partial charge in [0.05, 0.1) is 0 Å². The predicted molar refractivity (Wildman–Crippen MR) is 63.5 cm³/mol. The van der Waals surface area contributed by atoms with Crippen LogP contribution in [0.1, 0.15) is 11.1 Å². The van der Waals surface area contributed by atoms with E-state index in [1.54, 1.807) is 6.07 Å². The van der Waals surface area contributed by atoms with E-state index in [2.05, 4.69) is 41.0 Å². The number of nitrogens with zero attached hydrogens (tertiary/aromatic N) is 1. The molecule has 0 fully saturated rings. The Morgan fingerprint density at radius 3 is 2.60 bits per heavy atom. The van der Waals surface area contributed by atoms with E-state index in [1.807, 2.05) is 6.07 Å². The van der Waals surface area contributed by atoms with Gasteiger partial charge in [-0.25, -0.2) is 0 Å². The molecular formula is C11H11BrN2O. The summed E-state index contributed by atoms with van der Waals surface area (Å²) >= 11 is 3.46. The van der Waals surface area contributed by atoms with Crippen molar-refractivity contribution in [3.05, 3.63) is 33.8 Å². The average molecular weight is 267 g/mol. The molecule has 0 atom stereocenters. The Kier molecular flexibility index (Phi) is 2.52. The summed E-state index contributed by atoms with van der Waals surface area (Å²) in [6.45, 7) is 4.12. The van der Waals surface area contributed by atoms with Crippen LogP contribution < -0.4 is 5.73 Å². The minimum atomic E-state index is 0.335. The van der Waals surface area contributed by atoms with Crippen LogP contribution in [0.3, 0.4) is 0 Å². The van der Waals surface area contributed by atoms with Gasteiger partial charge in [-0.3, -0.25) is 0 Å². The zero-order valence-electron chi connectivity index (χ0n) is 8.54. The van der Waals surface area contributed by atoms with Gasteiger partial charge in [-0.05, 0) is 37.1 Å². The molecular weight excluding hydrogens is 256 g/mol. The predicted octanol–water partition coefficient (Wildman–Crippen LogP) is 3.30. The molecule has 0 aliphatic rings. The molecule has 2 rings (SSSR count). The molecule has 78 valence electrons. The van der Waals surface area contributed by atoms with Crippen molar-refractivity contribution >= 4 is 21.8 Å². The first-order valence-corrected chi connectivity index (χ1v) is 5.36. The Labute approximate surface area is 96.4 Å². The summed E-state index contributed by atoms with van der Waals surface area (Å²) in [7, 11) is 0. The number of benzene rings is 1. The molecule has 0 radical (unpaired) electrons. The fraction of sp³-hybridized carbons (Fsp3) is 0.182. The van der Waals surface area contributed by atoms with E-state index in [0.717, 1.165) is 15.7 Å². The van der Waals surface area contributed by atoms with Crippen molar-refractivity contribution in [3.8, 4) is 11.3 Å². The van der Waals surface area contributed by atoms with Gasteiger partial charge in [0.2, 0.25) is 5.88 Å². The average Bonchev–Trinajstić information content (AvgIpc) is 2.58. The maximum absolute atomic E-state index is 5.50. The van der Waals surface area contributed by atoms with Gasteiger partial charge in [-0.1, -0.05) is 21.1 Å². The molecule has 1 aromatic carbocycles. The number of aromatic nitrogens is 1. The number of aryl methyl sites for hydroxylation is 1. The van der Waals surface area contributed by atoms with E-state index in [9.17, 15) is 0 Å². The lowest BCUT2D eigenvalue weighted by atomic mass is 10.0. The lowest BCUT2D eigenvalue weighted by Gasteiger charge is -2.06. The van der Waals surface area contributed by atoms with Gasteiger partial charge in [0.15, 0.2) is 0 Å². The number of anilines is 1. The van der Waals surface area contributed by atoms with Crippen LogP contribution in [-0.2, 0) is 0 Å². The Morgan fingerprint density at radius 2 is 2.00 bits per heavy atom. The quantitative estimate of drug-likeness (QED) is 0.862. The van der Waals surface area contributed by atoms with Crippen LogP contribution in [0.4, 0.5) is 5.88 Å². The third kappa shape index (κ3) is 1.90. The van der Waals surface area contributed by atoms with E-state index in [0.29, 0.717) is 5.88 Å². The topological polar surface area (TPSA) is 52.0 Å². The van der Waals surface area contributed by atoms with Gasteiger partial charge in [0.1, 0.15) is 5.69 Å². The zero-order chi connectivity index (χ0) is 11.0. The van der Waals surface area contributed by atoms with E-state index in [1.165, 1.54) is 11.1 Å². The fourth-order valence-electron chi connectivity index (χ4n) is 1.50. The number of nitrogen functional groups attached to an aromatic ring is 1. The van der Waals surface area contributed by atoms with Crippen molar-refractivity contribution in [2.24, 2.45) is 0 Å².